The summed E-state index contributed by atoms with van der Waals surface area (Å²) in [5, 5.41) is 30.6. The van der Waals surface area contributed by atoms with E-state index in [2.05, 4.69) is 28.5 Å². The molecule has 32 heavy (non-hydrogen) atoms. The number of rotatable bonds is 8. The normalized spacial score (nSPS) is 29.6. The van der Waals surface area contributed by atoms with Gasteiger partial charge in [-0.3, -0.25) is 14.3 Å². The zero-order valence-electron chi connectivity index (χ0n) is 15.3. The third kappa shape index (κ3) is 5.71. The monoisotopic (exact) mass is 526 g/mol. The average Bonchev–Trinajstić information content (AvgIpc) is 3.12. The minimum atomic E-state index is -5.73. The summed E-state index contributed by atoms with van der Waals surface area (Å²) in [6, 6.07) is 0. The number of guanidine groups is 1. The molecule has 1 saturated heterocycles. The zero-order chi connectivity index (χ0) is 24.1. The molecule has 2 aliphatic heterocycles. The number of hydrogen-bond donors (Lipinski definition) is 9. The topological polar surface area (TPSA) is 301 Å². The van der Waals surface area contributed by atoms with Crippen molar-refractivity contribution in [2.45, 2.75) is 24.5 Å². The summed E-state index contributed by atoms with van der Waals surface area (Å²) in [7, 11) is -16.8. The van der Waals surface area contributed by atoms with Gasteiger partial charge in [0, 0.05) is 0 Å². The van der Waals surface area contributed by atoms with Crippen LogP contribution < -0.4 is 16.3 Å². The van der Waals surface area contributed by atoms with Crippen LogP contribution in [0, 0.1) is 0 Å². The predicted molar refractivity (Wildman–Crippen MR) is 96.7 cm³/mol. The lowest BCUT2D eigenvalue weighted by Gasteiger charge is -2.23. The summed E-state index contributed by atoms with van der Waals surface area (Å²) in [5.74, 6) is -0.478. The molecule has 3 heterocycles. The number of phosphoric acid groups is 3. The van der Waals surface area contributed by atoms with Crippen LogP contribution in [0.4, 0.5) is 11.6 Å². The summed E-state index contributed by atoms with van der Waals surface area (Å²) in [6.07, 6.45) is -5.27. The van der Waals surface area contributed by atoms with Crippen molar-refractivity contribution >= 4 is 41.1 Å². The lowest BCUT2D eigenvalue weighted by molar-refractivity contribution is -0.0512. The summed E-state index contributed by atoms with van der Waals surface area (Å²) in [4.78, 5) is 43.3. The molecular formula is C9H17N6O14P3. The minimum absolute atomic E-state index is 0.0893. The van der Waals surface area contributed by atoms with Crippen molar-refractivity contribution in [3.8, 4) is 0 Å². The third-order valence-electron chi connectivity index (χ3n) is 3.83. The molecule has 0 radical (unpaired) electrons. The maximum atomic E-state index is 11.8. The summed E-state index contributed by atoms with van der Waals surface area (Å²) >= 11 is 0. The number of hydrazine groups is 1. The van der Waals surface area contributed by atoms with E-state index in [9.17, 15) is 34.0 Å². The number of aromatic nitrogens is 2. The fourth-order valence-electron chi connectivity index (χ4n) is 2.66. The van der Waals surface area contributed by atoms with Crippen molar-refractivity contribution in [3.05, 3.63) is 6.33 Å². The van der Waals surface area contributed by atoms with Gasteiger partial charge < -0.3 is 40.3 Å². The highest BCUT2D eigenvalue weighted by atomic mass is 31.3. The number of aliphatic hydroxyl groups is 2. The van der Waals surface area contributed by atoms with Gasteiger partial charge in [0.2, 0.25) is 11.8 Å². The molecule has 1 fully saturated rings. The van der Waals surface area contributed by atoms with Gasteiger partial charge in [0.1, 0.15) is 24.6 Å². The Bertz CT molecular complexity index is 1040. The van der Waals surface area contributed by atoms with Crippen LogP contribution in [-0.2, 0) is 31.6 Å². The Morgan fingerprint density at radius 3 is 2.41 bits per heavy atom. The second-order valence-electron chi connectivity index (χ2n) is 6.15. The SMILES string of the molecule is NC1=Nc2c(ncn2[C@@H]2O[C@H](COP(=O)(O)OP(=O)(O)OP(=O)(O)O)[C@@H](O)[C@H]2O)N(O)N1. The highest BCUT2D eigenvalue weighted by Gasteiger charge is 2.47. The van der Waals surface area contributed by atoms with E-state index in [0.29, 0.717) is 5.17 Å². The van der Waals surface area contributed by atoms with Crippen molar-refractivity contribution < 1.29 is 66.6 Å². The first-order valence-corrected chi connectivity index (χ1v) is 12.6. The Balaban J connectivity index is 1.69. The van der Waals surface area contributed by atoms with Gasteiger partial charge >= 0.3 is 23.5 Å². The zero-order valence-corrected chi connectivity index (χ0v) is 18.0. The van der Waals surface area contributed by atoms with E-state index in [4.69, 9.17) is 25.2 Å². The maximum absolute atomic E-state index is 11.8. The van der Waals surface area contributed by atoms with Crippen molar-refractivity contribution in [2.75, 3.05) is 11.8 Å². The molecule has 0 saturated carbocycles. The van der Waals surface area contributed by atoms with Crippen molar-refractivity contribution in [2.24, 2.45) is 10.7 Å². The molecule has 182 valence electrons. The average molecular weight is 526 g/mol. The number of nitrogens with two attached hydrogens (primary N) is 1. The van der Waals surface area contributed by atoms with Gasteiger partial charge in [-0.1, -0.05) is 0 Å². The lowest BCUT2D eigenvalue weighted by Crippen LogP contribution is -2.46. The molecule has 0 amide bonds. The number of aliphatic hydroxyl groups excluding tert-OH is 2. The van der Waals surface area contributed by atoms with Gasteiger partial charge in [-0.05, 0) is 0 Å². The first-order valence-electron chi connectivity index (χ1n) is 8.05. The lowest BCUT2D eigenvalue weighted by atomic mass is 10.1. The number of ether oxygens (including phenoxy) is 1. The van der Waals surface area contributed by atoms with E-state index in [-0.39, 0.29) is 17.6 Å². The molecule has 0 spiro atoms. The number of nitrogens with one attached hydrogen (secondary N) is 1. The van der Waals surface area contributed by atoms with Gasteiger partial charge in [-0.2, -0.15) is 13.6 Å². The maximum Gasteiger partial charge on any atom is 0.490 e. The third-order valence-corrected chi connectivity index (χ3v) is 7.63. The largest absolute Gasteiger partial charge is 0.490 e. The van der Waals surface area contributed by atoms with Crippen molar-refractivity contribution in [3.63, 3.8) is 0 Å². The van der Waals surface area contributed by atoms with Crippen molar-refractivity contribution in [1.29, 1.82) is 0 Å². The number of nitrogens with zero attached hydrogens (tertiary/aromatic N) is 4. The molecule has 2 unspecified atom stereocenters. The molecule has 23 heteroatoms. The Kier molecular flexibility index (Phi) is 6.85. The van der Waals surface area contributed by atoms with Gasteiger partial charge in [-0.15, -0.1) is 5.17 Å². The Hall–Kier alpha value is -1.47. The van der Waals surface area contributed by atoms with Gasteiger partial charge in [0.25, 0.3) is 0 Å². The van der Waals surface area contributed by atoms with E-state index in [1.54, 1.807) is 0 Å². The quantitative estimate of drug-likeness (QED) is 0.158. The van der Waals surface area contributed by atoms with Crippen LogP contribution in [0.1, 0.15) is 6.23 Å². The Labute approximate surface area is 176 Å². The van der Waals surface area contributed by atoms with E-state index in [1.165, 1.54) is 0 Å². The van der Waals surface area contributed by atoms with Gasteiger partial charge in [-0.25, -0.2) is 24.1 Å². The number of imidazole rings is 1. The molecule has 3 rings (SSSR count). The second-order valence-corrected chi connectivity index (χ2v) is 10.6. The molecule has 10 N–H and O–H groups in total. The smallest absolute Gasteiger partial charge is 0.387 e. The first kappa shape index (κ1) is 25.2. The van der Waals surface area contributed by atoms with Crippen LogP contribution in [0.25, 0.3) is 0 Å². The van der Waals surface area contributed by atoms with E-state index < -0.39 is 54.6 Å². The molecule has 1 aromatic heterocycles. The van der Waals surface area contributed by atoms with E-state index >= 15 is 0 Å². The van der Waals surface area contributed by atoms with Crippen LogP contribution in [0.2, 0.25) is 0 Å². The van der Waals surface area contributed by atoms with E-state index in [1.807, 2.05) is 0 Å². The van der Waals surface area contributed by atoms with Crippen LogP contribution in [-0.4, -0.2) is 75.4 Å². The molecule has 20 nitrogen and oxygen atoms in total. The summed E-state index contributed by atoms with van der Waals surface area (Å²) in [5.41, 5.74) is 7.72. The highest BCUT2D eigenvalue weighted by Crippen LogP contribution is 2.66. The van der Waals surface area contributed by atoms with Crippen LogP contribution in [0.15, 0.2) is 11.3 Å². The second kappa shape index (κ2) is 8.71. The van der Waals surface area contributed by atoms with Crippen LogP contribution in [0.5, 0.6) is 0 Å². The minimum Gasteiger partial charge on any atom is -0.387 e. The molecule has 6 atom stereocenters. The van der Waals surface area contributed by atoms with Gasteiger partial charge in [0.15, 0.2) is 12.0 Å². The fraction of sp³-hybridized carbons (Fsp3) is 0.556. The molecule has 0 aromatic carbocycles. The van der Waals surface area contributed by atoms with Gasteiger partial charge in [0.05, 0.1) is 6.61 Å². The number of anilines is 1. The number of fused-ring (bicyclic) bond motifs is 1. The summed E-state index contributed by atoms with van der Waals surface area (Å²) in [6.45, 7) is -1.01. The molecule has 0 bridgehead atoms. The van der Waals surface area contributed by atoms with Crippen LogP contribution in [0.3, 0.4) is 0 Å². The predicted octanol–water partition coefficient (Wildman–Crippen LogP) is -2.49. The Morgan fingerprint density at radius 2 is 1.78 bits per heavy atom. The molecule has 0 aliphatic carbocycles. The summed E-state index contributed by atoms with van der Waals surface area (Å²) < 4.78 is 51.7. The fourth-order valence-corrected chi connectivity index (χ4v) is 5.69. The first-order chi connectivity index (χ1) is 14.6. The van der Waals surface area contributed by atoms with Crippen LogP contribution >= 0.6 is 23.5 Å². The number of aliphatic imine (C=N–C) groups is 1. The highest BCUT2D eigenvalue weighted by molar-refractivity contribution is 7.66. The van der Waals surface area contributed by atoms with Crippen molar-refractivity contribution in [1.82, 2.24) is 15.0 Å². The Morgan fingerprint density at radius 1 is 1.12 bits per heavy atom. The molecular weight excluding hydrogens is 509 g/mol. The number of hydrogen-bond acceptors (Lipinski definition) is 15. The number of phosphoric ester groups is 1. The standard InChI is InChI=1S/C9H17N6O14P3/c10-9-12-7-6(15(18)13-9)11-2-14(7)8-5(17)4(16)3(27-8)1-26-31(22,23)29-32(24,25)28-30(19,20)21/h2-5,8,16-18H,1H2,(H,22,23)(H,24,25)(H3,10,12,13)(H2,19,20,21)/t3-,4-,5-,8-/m1/s1. The molecule has 2 aliphatic rings. The van der Waals surface area contributed by atoms with E-state index in [0.717, 1.165) is 10.9 Å². The molecule has 1 aromatic rings.